The number of nitrogens with two attached hydrogens (primary N) is 1. The van der Waals surface area contributed by atoms with Crippen LogP contribution >= 0.6 is 0 Å². The molecule has 19 heavy (non-hydrogen) atoms. The van der Waals surface area contributed by atoms with E-state index < -0.39 is 0 Å². The minimum Gasteiger partial charge on any atom is -0.497 e. The molecule has 0 bridgehead atoms. The first-order valence-electron chi connectivity index (χ1n) is 6.33. The third kappa shape index (κ3) is 2.66. The van der Waals surface area contributed by atoms with Gasteiger partial charge in [0.1, 0.15) is 11.5 Å². The predicted molar refractivity (Wildman–Crippen MR) is 72.6 cm³/mol. The molecule has 1 amide bonds. The van der Waals surface area contributed by atoms with Crippen LogP contribution in [0, 0.1) is 5.92 Å². The number of ether oxygens (including phenoxy) is 2. The normalized spacial score (nSPS) is 22.4. The van der Waals surface area contributed by atoms with Crippen molar-refractivity contribution in [3.8, 4) is 11.5 Å². The van der Waals surface area contributed by atoms with E-state index in [0.717, 1.165) is 0 Å². The van der Waals surface area contributed by atoms with Crippen molar-refractivity contribution in [1.82, 2.24) is 4.90 Å². The standard InChI is InChI=1S/C14H20N2O3/c1-9-7-16(8-12(9)15)14(17)11-6-10(18-2)4-5-13(11)19-3/h4-6,9,12H,7-8,15H2,1-3H3. The average Bonchev–Trinajstić information content (AvgIpc) is 2.77. The lowest BCUT2D eigenvalue weighted by atomic mass is 10.1. The van der Waals surface area contributed by atoms with E-state index in [1.54, 1.807) is 37.3 Å². The molecule has 2 atom stereocenters. The van der Waals surface area contributed by atoms with Gasteiger partial charge in [-0.2, -0.15) is 0 Å². The second-order valence-corrected chi connectivity index (χ2v) is 4.92. The van der Waals surface area contributed by atoms with Gasteiger partial charge in [0.25, 0.3) is 5.91 Å². The number of nitrogens with zero attached hydrogens (tertiary/aromatic N) is 1. The Balaban J connectivity index is 2.27. The van der Waals surface area contributed by atoms with Crippen molar-refractivity contribution in [1.29, 1.82) is 0 Å². The zero-order chi connectivity index (χ0) is 14.0. The molecule has 2 N–H and O–H groups in total. The van der Waals surface area contributed by atoms with Crippen molar-refractivity contribution < 1.29 is 14.3 Å². The topological polar surface area (TPSA) is 64.8 Å². The summed E-state index contributed by atoms with van der Waals surface area (Å²) in [5.41, 5.74) is 6.48. The average molecular weight is 264 g/mol. The van der Waals surface area contributed by atoms with Crippen molar-refractivity contribution in [3.05, 3.63) is 23.8 Å². The molecule has 1 aromatic carbocycles. The number of methoxy groups -OCH3 is 2. The van der Waals surface area contributed by atoms with Gasteiger partial charge >= 0.3 is 0 Å². The van der Waals surface area contributed by atoms with Crippen LogP contribution in [-0.4, -0.2) is 44.2 Å². The molecule has 2 rings (SSSR count). The molecule has 0 aliphatic carbocycles. The third-order valence-electron chi connectivity index (χ3n) is 3.59. The Kier molecular flexibility index (Phi) is 3.95. The van der Waals surface area contributed by atoms with Gasteiger partial charge in [0.05, 0.1) is 19.8 Å². The summed E-state index contributed by atoms with van der Waals surface area (Å²) in [4.78, 5) is 14.3. The first kappa shape index (κ1) is 13.7. The van der Waals surface area contributed by atoms with E-state index in [4.69, 9.17) is 15.2 Å². The van der Waals surface area contributed by atoms with Gasteiger partial charge in [-0.15, -0.1) is 0 Å². The summed E-state index contributed by atoms with van der Waals surface area (Å²) in [7, 11) is 3.13. The van der Waals surface area contributed by atoms with Gasteiger partial charge < -0.3 is 20.1 Å². The van der Waals surface area contributed by atoms with E-state index in [9.17, 15) is 4.79 Å². The maximum absolute atomic E-state index is 12.5. The maximum Gasteiger partial charge on any atom is 0.257 e. The first-order valence-corrected chi connectivity index (χ1v) is 6.33. The molecule has 104 valence electrons. The van der Waals surface area contributed by atoms with E-state index in [2.05, 4.69) is 6.92 Å². The molecule has 1 heterocycles. The molecule has 0 spiro atoms. The monoisotopic (exact) mass is 264 g/mol. The van der Waals surface area contributed by atoms with E-state index in [1.165, 1.54) is 0 Å². The molecule has 0 saturated carbocycles. The quantitative estimate of drug-likeness (QED) is 0.888. The minimum atomic E-state index is -0.0597. The van der Waals surface area contributed by atoms with Crippen LogP contribution in [0.15, 0.2) is 18.2 Å². The van der Waals surface area contributed by atoms with Crippen LogP contribution in [-0.2, 0) is 0 Å². The molecule has 0 aromatic heterocycles. The lowest BCUT2D eigenvalue weighted by Crippen LogP contribution is -2.32. The Bertz CT molecular complexity index is 466. The molecule has 5 heteroatoms. The van der Waals surface area contributed by atoms with Crippen molar-refractivity contribution >= 4 is 5.91 Å². The Labute approximate surface area is 113 Å². The summed E-state index contributed by atoms with van der Waals surface area (Å²) in [6, 6.07) is 5.26. The number of hydrogen-bond acceptors (Lipinski definition) is 4. The second kappa shape index (κ2) is 5.48. The van der Waals surface area contributed by atoms with Crippen LogP contribution < -0.4 is 15.2 Å². The van der Waals surface area contributed by atoms with Gasteiger partial charge in [0.15, 0.2) is 0 Å². The summed E-state index contributed by atoms with van der Waals surface area (Å²) < 4.78 is 10.4. The number of amides is 1. The van der Waals surface area contributed by atoms with Gasteiger partial charge in [0, 0.05) is 19.1 Å². The van der Waals surface area contributed by atoms with E-state index in [-0.39, 0.29) is 11.9 Å². The molecular formula is C14H20N2O3. The van der Waals surface area contributed by atoms with Gasteiger partial charge in [-0.1, -0.05) is 6.92 Å². The number of hydrogen-bond donors (Lipinski definition) is 1. The summed E-state index contributed by atoms with van der Waals surface area (Å²) in [5.74, 6) is 1.45. The molecule has 2 unspecified atom stereocenters. The molecule has 1 aliphatic rings. The molecule has 1 fully saturated rings. The zero-order valence-electron chi connectivity index (χ0n) is 11.6. The number of likely N-dealkylation sites (tertiary alicyclic amines) is 1. The highest BCUT2D eigenvalue weighted by molar-refractivity contribution is 5.97. The predicted octanol–water partition coefficient (Wildman–Crippen LogP) is 1.12. The molecule has 1 aliphatic heterocycles. The van der Waals surface area contributed by atoms with Gasteiger partial charge in [-0.25, -0.2) is 0 Å². The molecule has 1 aromatic rings. The molecule has 0 radical (unpaired) electrons. The van der Waals surface area contributed by atoms with Crippen LogP contribution in [0.4, 0.5) is 0 Å². The zero-order valence-corrected chi connectivity index (χ0v) is 11.6. The molecular weight excluding hydrogens is 244 g/mol. The van der Waals surface area contributed by atoms with Crippen molar-refractivity contribution in [2.75, 3.05) is 27.3 Å². The Morgan fingerprint density at radius 1 is 1.32 bits per heavy atom. The van der Waals surface area contributed by atoms with Crippen molar-refractivity contribution in [2.45, 2.75) is 13.0 Å². The lowest BCUT2D eigenvalue weighted by molar-refractivity contribution is 0.0783. The van der Waals surface area contributed by atoms with E-state index in [1.807, 2.05) is 0 Å². The first-order chi connectivity index (χ1) is 9.06. The highest BCUT2D eigenvalue weighted by Gasteiger charge is 2.31. The molecule has 1 saturated heterocycles. The largest absolute Gasteiger partial charge is 0.497 e. The highest BCUT2D eigenvalue weighted by atomic mass is 16.5. The lowest BCUT2D eigenvalue weighted by Gasteiger charge is -2.18. The van der Waals surface area contributed by atoms with Crippen LogP contribution in [0.25, 0.3) is 0 Å². The Hall–Kier alpha value is -1.75. The summed E-state index contributed by atoms with van der Waals surface area (Å²) >= 11 is 0. The number of carbonyl (C=O) groups is 1. The summed E-state index contributed by atoms with van der Waals surface area (Å²) in [6.07, 6.45) is 0. The van der Waals surface area contributed by atoms with Crippen molar-refractivity contribution in [3.63, 3.8) is 0 Å². The summed E-state index contributed by atoms with van der Waals surface area (Å²) in [6.45, 7) is 3.32. The number of benzene rings is 1. The van der Waals surface area contributed by atoms with Crippen LogP contribution in [0.5, 0.6) is 11.5 Å². The highest BCUT2D eigenvalue weighted by Crippen LogP contribution is 2.27. The van der Waals surface area contributed by atoms with Gasteiger partial charge in [-0.3, -0.25) is 4.79 Å². The number of carbonyl (C=O) groups excluding carboxylic acids is 1. The smallest absolute Gasteiger partial charge is 0.257 e. The maximum atomic E-state index is 12.5. The Morgan fingerprint density at radius 2 is 2.05 bits per heavy atom. The number of rotatable bonds is 3. The summed E-state index contributed by atoms with van der Waals surface area (Å²) in [5, 5.41) is 0. The van der Waals surface area contributed by atoms with Crippen LogP contribution in [0.3, 0.4) is 0 Å². The van der Waals surface area contributed by atoms with Gasteiger partial charge in [-0.05, 0) is 24.1 Å². The third-order valence-corrected chi connectivity index (χ3v) is 3.59. The second-order valence-electron chi connectivity index (χ2n) is 4.92. The van der Waals surface area contributed by atoms with Crippen molar-refractivity contribution in [2.24, 2.45) is 11.7 Å². The van der Waals surface area contributed by atoms with Gasteiger partial charge in [0.2, 0.25) is 0 Å². The van der Waals surface area contributed by atoms with Crippen LogP contribution in [0.2, 0.25) is 0 Å². The molecule has 5 nitrogen and oxygen atoms in total. The van der Waals surface area contributed by atoms with E-state index in [0.29, 0.717) is 36.1 Å². The SMILES string of the molecule is COc1ccc(OC)c(C(=O)N2CC(C)C(N)C2)c1. The Morgan fingerprint density at radius 3 is 2.58 bits per heavy atom. The fourth-order valence-corrected chi connectivity index (χ4v) is 2.31. The van der Waals surface area contributed by atoms with E-state index >= 15 is 0 Å². The van der Waals surface area contributed by atoms with Crippen LogP contribution in [0.1, 0.15) is 17.3 Å². The fourth-order valence-electron chi connectivity index (χ4n) is 2.31. The minimum absolute atomic E-state index is 0.0422. The fraction of sp³-hybridized carbons (Fsp3) is 0.500.